The highest BCUT2D eigenvalue weighted by atomic mass is 35.5. The first kappa shape index (κ1) is 12.4. The van der Waals surface area contributed by atoms with E-state index < -0.39 is 0 Å². The molecule has 2 heterocycles. The summed E-state index contributed by atoms with van der Waals surface area (Å²) in [6.45, 7) is 2.42. The molecule has 6 heteroatoms. The van der Waals surface area contributed by atoms with Crippen LogP contribution >= 0.6 is 11.6 Å². The number of aryl methyl sites for hydroxylation is 1. The summed E-state index contributed by atoms with van der Waals surface area (Å²) >= 11 is 6.19. The number of H-pyrrole nitrogens is 1. The third kappa shape index (κ3) is 2.43. The van der Waals surface area contributed by atoms with Crippen molar-refractivity contribution in [1.29, 1.82) is 0 Å². The van der Waals surface area contributed by atoms with Crippen LogP contribution in [0.3, 0.4) is 0 Å². The minimum atomic E-state index is -0.171. The molecule has 100 valence electrons. The van der Waals surface area contributed by atoms with Crippen molar-refractivity contribution in [3.05, 3.63) is 50.7 Å². The number of rotatable bonds is 2. The Labute approximate surface area is 115 Å². The van der Waals surface area contributed by atoms with Crippen LogP contribution in [0.25, 0.3) is 0 Å². The third-order valence-electron chi connectivity index (χ3n) is 3.48. The smallest absolute Gasteiger partial charge is 0.292 e. The minimum absolute atomic E-state index is 0.171. The maximum atomic E-state index is 11.3. The van der Waals surface area contributed by atoms with E-state index in [2.05, 4.69) is 21.0 Å². The van der Waals surface area contributed by atoms with Gasteiger partial charge in [0.25, 0.3) is 0 Å². The molecular formula is C13H15ClN4O. The summed E-state index contributed by atoms with van der Waals surface area (Å²) in [5, 5.41) is 5.01. The van der Waals surface area contributed by atoms with E-state index in [9.17, 15) is 4.79 Å². The summed E-state index contributed by atoms with van der Waals surface area (Å²) in [7, 11) is 1.65. The number of halogens is 1. The van der Waals surface area contributed by atoms with E-state index in [0.717, 1.165) is 24.5 Å². The van der Waals surface area contributed by atoms with Gasteiger partial charge in [0.15, 0.2) is 0 Å². The Kier molecular flexibility index (Phi) is 3.16. The van der Waals surface area contributed by atoms with Crippen LogP contribution in [0.1, 0.15) is 17.0 Å². The monoisotopic (exact) mass is 278 g/mol. The van der Waals surface area contributed by atoms with Crippen molar-refractivity contribution >= 4 is 11.6 Å². The van der Waals surface area contributed by atoms with Crippen molar-refractivity contribution in [2.75, 3.05) is 6.54 Å². The molecule has 1 N–H and O–H groups in total. The van der Waals surface area contributed by atoms with E-state index in [1.807, 2.05) is 12.1 Å². The highest BCUT2D eigenvalue weighted by molar-refractivity contribution is 6.31. The molecule has 0 saturated carbocycles. The van der Waals surface area contributed by atoms with E-state index in [0.29, 0.717) is 12.4 Å². The van der Waals surface area contributed by atoms with E-state index >= 15 is 0 Å². The average Bonchev–Trinajstić information content (AvgIpc) is 2.68. The highest BCUT2D eigenvalue weighted by Gasteiger charge is 2.19. The summed E-state index contributed by atoms with van der Waals surface area (Å²) < 4.78 is 1.32. The standard InChI is InChI=1S/C13H15ClN4O/c1-17-13(19)15-12(16-17)8-18-6-5-10-9(7-18)3-2-4-11(10)14/h2-4H,5-8H2,1H3,(H,15,16,19). The first-order chi connectivity index (χ1) is 9.13. The molecule has 0 aliphatic carbocycles. The van der Waals surface area contributed by atoms with Crippen molar-refractivity contribution < 1.29 is 0 Å². The van der Waals surface area contributed by atoms with E-state index in [4.69, 9.17) is 11.6 Å². The number of benzene rings is 1. The second-order valence-electron chi connectivity index (χ2n) is 4.84. The number of fused-ring (bicyclic) bond motifs is 1. The zero-order valence-electron chi connectivity index (χ0n) is 10.7. The Balaban J connectivity index is 1.77. The second kappa shape index (κ2) is 4.83. The molecule has 0 amide bonds. The van der Waals surface area contributed by atoms with Crippen LogP contribution in [0.15, 0.2) is 23.0 Å². The van der Waals surface area contributed by atoms with Crippen molar-refractivity contribution in [3.8, 4) is 0 Å². The van der Waals surface area contributed by atoms with Crippen LogP contribution in [-0.4, -0.2) is 26.2 Å². The van der Waals surface area contributed by atoms with Crippen LogP contribution in [-0.2, 0) is 26.6 Å². The van der Waals surface area contributed by atoms with E-state index in [1.54, 1.807) is 7.05 Å². The van der Waals surface area contributed by atoms with Gasteiger partial charge in [0, 0.05) is 25.2 Å². The van der Waals surface area contributed by atoms with Crippen molar-refractivity contribution in [2.24, 2.45) is 7.05 Å². The lowest BCUT2D eigenvalue weighted by Crippen LogP contribution is -2.30. The number of hydrogen-bond acceptors (Lipinski definition) is 3. The number of aromatic nitrogens is 3. The number of nitrogens with one attached hydrogen (secondary N) is 1. The van der Waals surface area contributed by atoms with Gasteiger partial charge in [0.2, 0.25) is 0 Å². The fraction of sp³-hybridized carbons (Fsp3) is 0.385. The Bertz CT molecular complexity index is 661. The van der Waals surface area contributed by atoms with Gasteiger partial charge in [-0.05, 0) is 23.6 Å². The van der Waals surface area contributed by atoms with Crippen molar-refractivity contribution in [1.82, 2.24) is 19.7 Å². The molecule has 0 unspecified atom stereocenters. The molecule has 0 atom stereocenters. The van der Waals surface area contributed by atoms with Gasteiger partial charge < -0.3 is 0 Å². The largest absolute Gasteiger partial charge is 0.343 e. The van der Waals surface area contributed by atoms with Gasteiger partial charge >= 0.3 is 5.69 Å². The Morgan fingerprint density at radius 3 is 3.05 bits per heavy atom. The third-order valence-corrected chi connectivity index (χ3v) is 3.83. The lowest BCUT2D eigenvalue weighted by molar-refractivity contribution is 0.239. The minimum Gasteiger partial charge on any atom is -0.292 e. The average molecular weight is 279 g/mol. The first-order valence-corrected chi connectivity index (χ1v) is 6.62. The molecular weight excluding hydrogens is 264 g/mol. The topological polar surface area (TPSA) is 53.9 Å². The second-order valence-corrected chi connectivity index (χ2v) is 5.25. The summed E-state index contributed by atoms with van der Waals surface area (Å²) in [6.07, 6.45) is 0.937. The van der Waals surface area contributed by atoms with Gasteiger partial charge in [0.05, 0.1) is 6.54 Å². The molecule has 1 aliphatic rings. The van der Waals surface area contributed by atoms with Gasteiger partial charge in [0.1, 0.15) is 5.82 Å². The van der Waals surface area contributed by atoms with Gasteiger partial charge in [-0.2, -0.15) is 5.10 Å². The lowest BCUT2D eigenvalue weighted by Gasteiger charge is -2.28. The van der Waals surface area contributed by atoms with Crippen molar-refractivity contribution in [2.45, 2.75) is 19.5 Å². The summed E-state index contributed by atoms with van der Waals surface area (Å²) in [6, 6.07) is 6.02. The molecule has 2 aromatic rings. The summed E-state index contributed by atoms with van der Waals surface area (Å²) in [5.74, 6) is 0.706. The molecule has 0 saturated heterocycles. The molecule has 19 heavy (non-hydrogen) atoms. The van der Waals surface area contributed by atoms with E-state index in [-0.39, 0.29) is 5.69 Å². The molecule has 5 nitrogen and oxygen atoms in total. The molecule has 1 aromatic heterocycles. The SMILES string of the molecule is Cn1nc(CN2CCc3c(Cl)cccc3C2)[nH]c1=O. The predicted octanol–water partition coefficient (Wildman–Crippen LogP) is 1.32. The van der Waals surface area contributed by atoms with Gasteiger partial charge in [-0.1, -0.05) is 23.7 Å². The summed E-state index contributed by atoms with van der Waals surface area (Å²) in [5.41, 5.74) is 2.34. The number of nitrogens with zero attached hydrogens (tertiary/aromatic N) is 3. The lowest BCUT2D eigenvalue weighted by atomic mass is 10.00. The normalized spacial score (nSPS) is 15.5. The fourth-order valence-corrected chi connectivity index (χ4v) is 2.78. The molecule has 0 bridgehead atoms. The maximum absolute atomic E-state index is 11.3. The van der Waals surface area contributed by atoms with Crippen LogP contribution < -0.4 is 5.69 Å². The highest BCUT2D eigenvalue weighted by Crippen LogP contribution is 2.26. The summed E-state index contributed by atoms with van der Waals surface area (Å²) in [4.78, 5) is 16.3. The molecule has 1 aromatic carbocycles. The Hall–Kier alpha value is -1.59. The Morgan fingerprint density at radius 1 is 1.47 bits per heavy atom. The zero-order chi connectivity index (χ0) is 13.4. The molecule has 0 radical (unpaired) electrons. The van der Waals surface area contributed by atoms with E-state index in [1.165, 1.54) is 15.8 Å². The Morgan fingerprint density at radius 2 is 2.32 bits per heavy atom. The number of hydrogen-bond donors (Lipinski definition) is 1. The van der Waals surface area contributed by atoms with Gasteiger partial charge in [-0.3, -0.25) is 9.88 Å². The van der Waals surface area contributed by atoms with Gasteiger partial charge in [-0.15, -0.1) is 0 Å². The fourth-order valence-electron chi connectivity index (χ4n) is 2.50. The van der Waals surface area contributed by atoms with Crippen molar-refractivity contribution in [3.63, 3.8) is 0 Å². The van der Waals surface area contributed by atoms with Gasteiger partial charge in [-0.25, -0.2) is 9.48 Å². The molecule has 1 aliphatic heterocycles. The zero-order valence-corrected chi connectivity index (χ0v) is 11.4. The predicted molar refractivity (Wildman–Crippen MR) is 73.1 cm³/mol. The first-order valence-electron chi connectivity index (χ1n) is 6.24. The molecule has 0 fully saturated rings. The molecule has 0 spiro atoms. The van der Waals surface area contributed by atoms with Crippen LogP contribution in [0, 0.1) is 0 Å². The quantitative estimate of drug-likeness (QED) is 0.901. The molecule has 3 rings (SSSR count). The van der Waals surface area contributed by atoms with Crippen LogP contribution in [0.5, 0.6) is 0 Å². The van der Waals surface area contributed by atoms with Crippen LogP contribution in [0.4, 0.5) is 0 Å². The maximum Gasteiger partial charge on any atom is 0.343 e. The number of aromatic amines is 1. The van der Waals surface area contributed by atoms with Crippen LogP contribution in [0.2, 0.25) is 5.02 Å².